The zero-order valence-electron chi connectivity index (χ0n) is 12.0. The molecule has 21 heavy (non-hydrogen) atoms. The molecule has 0 unspecified atom stereocenters. The Labute approximate surface area is 123 Å². The Balaban J connectivity index is 1.68. The van der Waals surface area contributed by atoms with E-state index < -0.39 is 0 Å². The van der Waals surface area contributed by atoms with Crippen LogP contribution in [0, 0.1) is 0 Å². The van der Waals surface area contributed by atoms with Gasteiger partial charge in [-0.2, -0.15) is 4.98 Å². The van der Waals surface area contributed by atoms with Gasteiger partial charge in [-0.1, -0.05) is 23.4 Å². The van der Waals surface area contributed by atoms with Crippen LogP contribution in [0.1, 0.15) is 36.0 Å². The fourth-order valence-corrected chi connectivity index (χ4v) is 2.77. The third-order valence-corrected chi connectivity index (χ3v) is 3.96. The maximum atomic E-state index is 5.34. The Morgan fingerprint density at radius 1 is 1.33 bits per heavy atom. The van der Waals surface area contributed by atoms with Crippen molar-refractivity contribution in [1.29, 1.82) is 0 Å². The van der Waals surface area contributed by atoms with Crippen LogP contribution in [0.15, 0.2) is 35.0 Å². The lowest BCUT2D eigenvalue weighted by Crippen LogP contribution is -2.04. The van der Waals surface area contributed by atoms with E-state index in [0.29, 0.717) is 12.5 Å². The summed E-state index contributed by atoms with van der Waals surface area (Å²) in [6.07, 6.45) is 4.54. The lowest BCUT2D eigenvalue weighted by molar-refractivity contribution is 0.373. The second-order valence-electron chi connectivity index (χ2n) is 5.65. The molecule has 0 spiro atoms. The number of hydrogen-bond donors (Lipinski definition) is 1. The molecule has 5 heteroatoms. The maximum absolute atomic E-state index is 5.34. The molecular weight excluding hydrogens is 264 g/mol. The van der Waals surface area contributed by atoms with Crippen LogP contribution in [0.3, 0.4) is 0 Å². The molecule has 0 atom stereocenters. The molecule has 108 valence electrons. The zero-order valence-corrected chi connectivity index (χ0v) is 12.0. The summed E-state index contributed by atoms with van der Waals surface area (Å²) in [5, 5.41) is 8.61. The SMILES string of the molecule is CNCc1cn(Cc2noc(C3CC3)n2)c2ccccc12. The molecule has 1 aliphatic rings. The molecule has 5 nitrogen and oxygen atoms in total. The highest BCUT2D eigenvalue weighted by atomic mass is 16.5. The van der Waals surface area contributed by atoms with Gasteiger partial charge in [0.2, 0.25) is 5.89 Å². The van der Waals surface area contributed by atoms with Crippen LogP contribution in [0.4, 0.5) is 0 Å². The molecule has 0 radical (unpaired) electrons. The predicted octanol–water partition coefficient (Wildman–Crippen LogP) is 2.67. The second-order valence-corrected chi connectivity index (χ2v) is 5.65. The molecule has 0 bridgehead atoms. The van der Waals surface area contributed by atoms with Gasteiger partial charge in [-0.15, -0.1) is 0 Å². The minimum atomic E-state index is 0.507. The summed E-state index contributed by atoms with van der Waals surface area (Å²) in [7, 11) is 1.97. The summed E-state index contributed by atoms with van der Waals surface area (Å²) in [6.45, 7) is 1.51. The number of para-hydroxylation sites is 1. The van der Waals surface area contributed by atoms with Crippen LogP contribution in [0.2, 0.25) is 0 Å². The molecule has 1 fully saturated rings. The third kappa shape index (κ3) is 2.34. The molecule has 1 N–H and O–H groups in total. The van der Waals surface area contributed by atoms with E-state index in [1.54, 1.807) is 0 Å². The smallest absolute Gasteiger partial charge is 0.229 e. The molecule has 0 aliphatic heterocycles. The van der Waals surface area contributed by atoms with E-state index >= 15 is 0 Å². The number of nitrogens with one attached hydrogen (secondary N) is 1. The Bertz CT molecular complexity index is 770. The fourth-order valence-electron chi connectivity index (χ4n) is 2.77. The number of aromatic nitrogens is 3. The van der Waals surface area contributed by atoms with E-state index in [-0.39, 0.29) is 0 Å². The summed E-state index contributed by atoms with van der Waals surface area (Å²) in [5.74, 6) is 2.07. The standard InChI is InChI=1S/C16H18N4O/c1-17-8-12-9-20(14-5-3-2-4-13(12)14)10-15-18-16(21-19-15)11-6-7-11/h2-5,9,11,17H,6-8,10H2,1H3. The highest BCUT2D eigenvalue weighted by Gasteiger charge is 2.29. The minimum absolute atomic E-state index is 0.507. The Morgan fingerprint density at radius 3 is 3.00 bits per heavy atom. The summed E-state index contributed by atoms with van der Waals surface area (Å²) >= 11 is 0. The fraction of sp³-hybridized carbons (Fsp3) is 0.375. The summed E-state index contributed by atoms with van der Waals surface area (Å²) < 4.78 is 7.54. The van der Waals surface area contributed by atoms with E-state index in [1.807, 2.05) is 7.05 Å². The van der Waals surface area contributed by atoms with Crippen LogP contribution in [-0.4, -0.2) is 21.8 Å². The van der Waals surface area contributed by atoms with Crippen LogP contribution < -0.4 is 5.32 Å². The first-order chi connectivity index (χ1) is 10.3. The Kier molecular flexibility index (Phi) is 3.00. The van der Waals surface area contributed by atoms with Crippen molar-refractivity contribution >= 4 is 10.9 Å². The first-order valence-corrected chi connectivity index (χ1v) is 7.39. The van der Waals surface area contributed by atoms with Crippen molar-refractivity contribution in [2.45, 2.75) is 31.8 Å². The molecule has 0 saturated heterocycles. The normalized spacial score (nSPS) is 14.9. The van der Waals surface area contributed by atoms with Gasteiger partial charge >= 0.3 is 0 Å². The van der Waals surface area contributed by atoms with Gasteiger partial charge in [0.1, 0.15) is 0 Å². The molecule has 1 saturated carbocycles. The monoisotopic (exact) mass is 282 g/mol. The van der Waals surface area contributed by atoms with E-state index in [9.17, 15) is 0 Å². The number of rotatable bonds is 5. The summed E-state index contributed by atoms with van der Waals surface area (Å²) in [5.41, 5.74) is 2.50. The molecular formula is C16H18N4O. The molecule has 1 aromatic carbocycles. The molecule has 4 rings (SSSR count). The van der Waals surface area contributed by atoms with Gasteiger partial charge in [0, 0.05) is 29.6 Å². The summed E-state index contributed by atoms with van der Waals surface area (Å²) in [6, 6.07) is 8.43. The van der Waals surface area contributed by atoms with E-state index in [1.165, 1.54) is 29.3 Å². The lowest BCUT2D eigenvalue weighted by Gasteiger charge is -2.00. The van der Waals surface area contributed by atoms with E-state index in [0.717, 1.165) is 18.3 Å². The predicted molar refractivity (Wildman–Crippen MR) is 80.1 cm³/mol. The maximum Gasteiger partial charge on any atom is 0.229 e. The van der Waals surface area contributed by atoms with Crippen LogP contribution in [-0.2, 0) is 13.1 Å². The van der Waals surface area contributed by atoms with Crippen LogP contribution >= 0.6 is 0 Å². The number of hydrogen-bond acceptors (Lipinski definition) is 4. The van der Waals surface area contributed by atoms with E-state index in [4.69, 9.17) is 4.52 Å². The van der Waals surface area contributed by atoms with Crippen molar-refractivity contribution < 1.29 is 4.52 Å². The average molecular weight is 282 g/mol. The van der Waals surface area contributed by atoms with Gasteiger partial charge < -0.3 is 14.4 Å². The summed E-state index contributed by atoms with van der Waals surface area (Å²) in [4.78, 5) is 4.52. The molecule has 0 amide bonds. The first kappa shape index (κ1) is 12.6. The number of nitrogens with zero attached hydrogens (tertiary/aromatic N) is 3. The minimum Gasteiger partial charge on any atom is -0.339 e. The quantitative estimate of drug-likeness (QED) is 0.781. The van der Waals surface area contributed by atoms with Gasteiger partial charge in [-0.25, -0.2) is 0 Å². The van der Waals surface area contributed by atoms with Crippen molar-refractivity contribution in [3.8, 4) is 0 Å². The van der Waals surface area contributed by atoms with Crippen molar-refractivity contribution in [2.24, 2.45) is 0 Å². The number of benzene rings is 1. The van der Waals surface area contributed by atoms with Gasteiger partial charge in [-0.3, -0.25) is 0 Å². The van der Waals surface area contributed by atoms with Gasteiger partial charge in [0.15, 0.2) is 5.82 Å². The number of fused-ring (bicyclic) bond motifs is 1. The third-order valence-electron chi connectivity index (χ3n) is 3.96. The van der Waals surface area contributed by atoms with Crippen LogP contribution in [0.25, 0.3) is 10.9 Å². The molecule has 3 aromatic rings. The molecule has 2 aromatic heterocycles. The lowest BCUT2D eigenvalue weighted by atomic mass is 10.2. The van der Waals surface area contributed by atoms with Gasteiger partial charge in [0.25, 0.3) is 0 Å². The Hall–Kier alpha value is -2.14. The van der Waals surface area contributed by atoms with Gasteiger partial charge in [-0.05, 0) is 31.5 Å². The topological polar surface area (TPSA) is 55.9 Å². The highest BCUT2D eigenvalue weighted by molar-refractivity contribution is 5.84. The molecule has 2 heterocycles. The second kappa shape index (κ2) is 5.00. The van der Waals surface area contributed by atoms with Crippen LogP contribution in [0.5, 0.6) is 0 Å². The largest absolute Gasteiger partial charge is 0.339 e. The van der Waals surface area contributed by atoms with Crippen molar-refractivity contribution in [1.82, 2.24) is 20.0 Å². The van der Waals surface area contributed by atoms with Gasteiger partial charge in [0.05, 0.1) is 6.54 Å². The first-order valence-electron chi connectivity index (χ1n) is 7.39. The molecule has 1 aliphatic carbocycles. The Morgan fingerprint density at radius 2 is 2.19 bits per heavy atom. The zero-order chi connectivity index (χ0) is 14.2. The highest BCUT2D eigenvalue weighted by Crippen LogP contribution is 2.38. The van der Waals surface area contributed by atoms with Crippen molar-refractivity contribution in [3.05, 3.63) is 47.7 Å². The average Bonchev–Trinajstić information content (AvgIpc) is 3.17. The van der Waals surface area contributed by atoms with Crippen molar-refractivity contribution in [3.63, 3.8) is 0 Å². The van der Waals surface area contributed by atoms with Crippen molar-refractivity contribution in [2.75, 3.05) is 7.05 Å². The van der Waals surface area contributed by atoms with E-state index in [2.05, 4.69) is 50.5 Å².